The van der Waals surface area contributed by atoms with Crippen LogP contribution in [0.1, 0.15) is 11.1 Å². The lowest BCUT2D eigenvalue weighted by Crippen LogP contribution is -2.54. The second-order valence-corrected chi connectivity index (χ2v) is 8.16. The van der Waals surface area contributed by atoms with Gasteiger partial charge in [-0.1, -0.05) is 24.3 Å². The van der Waals surface area contributed by atoms with Crippen molar-refractivity contribution in [1.82, 2.24) is 10.2 Å². The van der Waals surface area contributed by atoms with Crippen LogP contribution < -0.4 is 19.9 Å². The molecule has 4 rings (SSSR count). The average Bonchev–Trinajstić information content (AvgIpc) is 2.80. The molecule has 0 spiro atoms. The number of anilines is 2. The number of nitrogens with zero attached hydrogens (tertiary/aromatic N) is 3. The number of rotatable bonds is 4. The number of amides is 2. The zero-order valence-electron chi connectivity index (χ0n) is 18.4. The molecule has 0 aromatic heterocycles. The van der Waals surface area contributed by atoms with Crippen LogP contribution in [0.4, 0.5) is 11.4 Å². The molecule has 2 heterocycles. The lowest BCUT2D eigenvalue weighted by atomic mass is 10.1. The second-order valence-electron chi connectivity index (χ2n) is 8.16. The predicted molar refractivity (Wildman–Crippen MR) is 122 cm³/mol. The maximum Gasteiger partial charge on any atom is 0.262 e. The highest BCUT2D eigenvalue weighted by atomic mass is 16.5. The second kappa shape index (κ2) is 8.88. The third-order valence-electron chi connectivity index (χ3n) is 6.28. The zero-order chi connectivity index (χ0) is 22.0. The summed E-state index contributed by atoms with van der Waals surface area (Å²) >= 11 is 0. The molecule has 1 fully saturated rings. The maximum absolute atomic E-state index is 13.1. The van der Waals surface area contributed by atoms with Gasteiger partial charge in [0.2, 0.25) is 5.91 Å². The van der Waals surface area contributed by atoms with Gasteiger partial charge in [-0.15, -0.1) is 0 Å². The van der Waals surface area contributed by atoms with Gasteiger partial charge in [-0.3, -0.25) is 9.59 Å². The molecule has 7 heteroatoms. The summed E-state index contributed by atoms with van der Waals surface area (Å²) in [7, 11) is 1.59. The van der Waals surface area contributed by atoms with E-state index in [1.165, 1.54) is 16.8 Å². The van der Waals surface area contributed by atoms with E-state index in [4.69, 9.17) is 4.74 Å². The number of piperazine rings is 1. The molecular formula is C24H30N4O3. The van der Waals surface area contributed by atoms with E-state index in [2.05, 4.69) is 42.3 Å². The molecule has 2 aliphatic rings. The average molecular weight is 423 g/mol. The fourth-order valence-corrected chi connectivity index (χ4v) is 4.29. The number of para-hydroxylation sites is 2. The molecule has 0 saturated carbocycles. The Labute approximate surface area is 183 Å². The molecule has 31 heavy (non-hydrogen) atoms. The van der Waals surface area contributed by atoms with E-state index < -0.39 is 6.10 Å². The van der Waals surface area contributed by atoms with Gasteiger partial charge in [-0.2, -0.15) is 0 Å². The summed E-state index contributed by atoms with van der Waals surface area (Å²) in [6.07, 6.45) is -0.631. The van der Waals surface area contributed by atoms with Crippen LogP contribution in [0.25, 0.3) is 0 Å². The van der Waals surface area contributed by atoms with E-state index in [0.29, 0.717) is 25.4 Å². The number of carbonyl (C=O) groups excluding carboxylic acids is 2. The van der Waals surface area contributed by atoms with Crippen molar-refractivity contribution < 1.29 is 14.3 Å². The Morgan fingerprint density at radius 3 is 2.45 bits per heavy atom. The first-order chi connectivity index (χ1) is 15.0. The lowest BCUT2D eigenvalue weighted by molar-refractivity contribution is -0.131. The monoisotopic (exact) mass is 422 g/mol. The summed E-state index contributed by atoms with van der Waals surface area (Å²) in [6, 6.07) is 13.9. The van der Waals surface area contributed by atoms with Crippen molar-refractivity contribution in [1.29, 1.82) is 0 Å². The van der Waals surface area contributed by atoms with E-state index in [9.17, 15) is 9.59 Å². The number of aryl methyl sites for hydroxylation is 1. The third-order valence-corrected chi connectivity index (χ3v) is 6.28. The normalized spacial score (nSPS) is 18.3. The van der Waals surface area contributed by atoms with Gasteiger partial charge in [0.15, 0.2) is 6.10 Å². The predicted octanol–water partition coefficient (Wildman–Crippen LogP) is 1.97. The highest BCUT2D eigenvalue weighted by Gasteiger charge is 2.32. The SMILES string of the molecule is CNC(=O)[C@@H]1CN(CC(=O)N2CCN(c3cccc(C)c3C)CC2)c2ccccc2O1. The Hall–Kier alpha value is -3.22. The molecule has 1 N–H and O–H groups in total. The topological polar surface area (TPSA) is 65.1 Å². The lowest BCUT2D eigenvalue weighted by Gasteiger charge is -2.39. The molecule has 2 aliphatic heterocycles. The number of fused-ring (bicyclic) bond motifs is 1. The first-order valence-corrected chi connectivity index (χ1v) is 10.8. The van der Waals surface area contributed by atoms with Crippen molar-refractivity contribution in [2.24, 2.45) is 0 Å². The van der Waals surface area contributed by atoms with E-state index in [-0.39, 0.29) is 18.4 Å². The Morgan fingerprint density at radius 2 is 1.71 bits per heavy atom. The Morgan fingerprint density at radius 1 is 1.00 bits per heavy atom. The van der Waals surface area contributed by atoms with Crippen molar-refractivity contribution in [2.45, 2.75) is 20.0 Å². The summed E-state index contributed by atoms with van der Waals surface area (Å²) in [5.41, 5.74) is 4.69. The van der Waals surface area contributed by atoms with Gasteiger partial charge in [0.25, 0.3) is 5.91 Å². The molecule has 2 amide bonds. The molecule has 7 nitrogen and oxygen atoms in total. The molecule has 1 saturated heterocycles. The number of carbonyl (C=O) groups is 2. The summed E-state index contributed by atoms with van der Waals surface area (Å²) in [5.74, 6) is 0.525. The minimum atomic E-state index is -0.631. The molecule has 2 aromatic rings. The minimum absolute atomic E-state index is 0.0768. The zero-order valence-corrected chi connectivity index (χ0v) is 18.4. The standard InChI is InChI=1S/C24H30N4O3/c1-17-7-6-9-19(18(17)2)26-11-13-27(14-12-26)23(29)16-28-15-22(24(30)25-3)31-21-10-5-4-8-20(21)28/h4-10,22H,11-16H2,1-3H3,(H,25,30)/t22-/m0/s1. The summed E-state index contributed by atoms with van der Waals surface area (Å²) in [5, 5.41) is 2.64. The molecular weight excluding hydrogens is 392 g/mol. The van der Waals surface area contributed by atoms with Crippen molar-refractivity contribution in [3.63, 3.8) is 0 Å². The van der Waals surface area contributed by atoms with E-state index in [1.807, 2.05) is 34.1 Å². The summed E-state index contributed by atoms with van der Waals surface area (Å²) in [6.45, 7) is 7.88. The van der Waals surface area contributed by atoms with Gasteiger partial charge in [-0.25, -0.2) is 0 Å². The molecule has 0 bridgehead atoms. The number of likely N-dealkylation sites (N-methyl/N-ethyl adjacent to an activating group) is 1. The number of benzene rings is 2. The van der Waals surface area contributed by atoms with Gasteiger partial charge in [0.1, 0.15) is 5.75 Å². The van der Waals surface area contributed by atoms with Crippen molar-refractivity contribution in [3.05, 3.63) is 53.6 Å². The highest BCUT2D eigenvalue weighted by molar-refractivity contribution is 5.86. The third kappa shape index (κ3) is 4.31. The van der Waals surface area contributed by atoms with Crippen molar-refractivity contribution >= 4 is 23.2 Å². The van der Waals surface area contributed by atoms with Gasteiger partial charge >= 0.3 is 0 Å². The minimum Gasteiger partial charge on any atom is -0.477 e. The summed E-state index contributed by atoms with van der Waals surface area (Å²) < 4.78 is 5.84. The van der Waals surface area contributed by atoms with Crippen LogP contribution in [0.3, 0.4) is 0 Å². The first kappa shape index (κ1) is 21.0. The number of nitrogens with one attached hydrogen (secondary N) is 1. The molecule has 0 radical (unpaired) electrons. The fourth-order valence-electron chi connectivity index (χ4n) is 4.29. The smallest absolute Gasteiger partial charge is 0.262 e. The van der Waals surface area contributed by atoms with Crippen LogP contribution >= 0.6 is 0 Å². The van der Waals surface area contributed by atoms with Gasteiger partial charge in [-0.05, 0) is 43.2 Å². The number of hydrogen-bond acceptors (Lipinski definition) is 5. The Kier molecular flexibility index (Phi) is 6.02. The molecule has 1 atom stereocenters. The van der Waals surface area contributed by atoms with Crippen LogP contribution in [0.15, 0.2) is 42.5 Å². The molecule has 0 aliphatic carbocycles. The molecule has 164 valence electrons. The van der Waals surface area contributed by atoms with Crippen LogP contribution in [-0.2, 0) is 9.59 Å². The van der Waals surface area contributed by atoms with E-state index >= 15 is 0 Å². The Balaban J connectivity index is 1.42. The molecule has 0 unspecified atom stereocenters. The van der Waals surface area contributed by atoms with E-state index in [1.54, 1.807) is 7.05 Å². The van der Waals surface area contributed by atoms with Crippen molar-refractivity contribution in [3.8, 4) is 5.75 Å². The van der Waals surface area contributed by atoms with Gasteiger partial charge in [0, 0.05) is 38.9 Å². The van der Waals surface area contributed by atoms with Gasteiger partial charge in [0.05, 0.1) is 18.8 Å². The number of hydrogen-bond donors (Lipinski definition) is 1. The van der Waals surface area contributed by atoms with Gasteiger partial charge < -0.3 is 24.8 Å². The summed E-state index contributed by atoms with van der Waals surface area (Å²) in [4.78, 5) is 31.5. The van der Waals surface area contributed by atoms with Crippen molar-refractivity contribution in [2.75, 3.05) is 56.1 Å². The number of ether oxygens (including phenoxy) is 1. The van der Waals surface area contributed by atoms with E-state index in [0.717, 1.165) is 18.8 Å². The van der Waals surface area contributed by atoms with Crippen LogP contribution in [-0.4, -0.2) is 69.1 Å². The van der Waals surface area contributed by atoms with Crippen LogP contribution in [0.2, 0.25) is 0 Å². The fraction of sp³-hybridized carbons (Fsp3) is 0.417. The van der Waals surface area contributed by atoms with Crippen LogP contribution in [0, 0.1) is 13.8 Å². The maximum atomic E-state index is 13.1. The highest BCUT2D eigenvalue weighted by Crippen LogP contribution is 2.33. The largest absolute Gasteiger partial charge is 0.477 e. The molecule has 2 aromatic carbocycles. The first-order valence-electron chi connectivity index (χ1n) is 10.8. The quantitative estimate of drug-likeness (QED) is 0.816. The Bertz CT molecular complexity index is 969. The van der Waals surface area contributed by atoms with Crippen LogP contribution in [0.5, 0.6) is 5.75 Å².